The molecule has 1 amide bonds. The monoisotopic (exact) mass is 394 g/mol. The van der Waals surface area contributed by atoms with Crippen molar-refractivity contribution in [2.24, 2.45) is 10.7 Å². The molecular formula is C16H18N4O6S. The fourth-order valence-electron chi connectivity index (χ4n) is 2.52. The number of carbonyl (C=O) groups excluding carboxylic acids is 1. The van der Waals surface area contributed by atoms with Crippen LogP contribution in [0.4, 0.5) is 5.69 Å². The van der Waals surface area contributed by atoms with E-state index in [1.807, 2.05) is 0 Å². The van der Waals surface area contributed by atoms with Crippen molar-refractivity contribution in [2.45, 2.75) is 17.9 Å². The first kappa shape index (κ1) is 20.4. The molecule has 0 radical (unpaired) electrons. The Hall–Kier alpha value is -2.89. The molecule has 0 bridgehead atoms. The SMILES string of the molecule is C=CCON(C1C=C(C)C(C(N)=O)=NC1)S(=O)(=O)c1ccccc1[N+](=O)[O-]. The quantitative estimate of drug-likeness (QED) is 0.395. The summed E-state index contributed by atoms with van der Waals surface area (Å²) in [5.74, 6) is -0.734. The standard InChI is InChI=1S/C16H18N4O6S/c1-3-8-26-20(12-9-11(2)15(16(17)21)18-10-12)27(24,25)14-7-5-4-6-13(14)19(22)23/h3-7,9,12H,1,8,10H2,2H3,(H2,17,21). The summed E-state index contributed by atoms with van der Waals surface area (Å²) >= 11 is 0. The van der Waals surface area contributed by atoms with Crippen molar-refractivity contribution >= 4 is 27.3 Å². The van der Waals surface area contributed by atoms with Crippen molar-refractivity contribution in [3.8, 4) is 0 Å². The van der Waals surface area contributed by atoms with Crippen LogP contribution in [0, 0.1) is 10.1 Å². The Labute approximate surface area is 155 Å². The van der Waals surface area contributed by atoms with Gasteiger partial charge in [-0.05, 0) is 18.6 Å². The van der Waals surface area contributed by atoms with Crippen molar-refractivity contribution in [3.05, 3.63) is 58.7 Å². The Balaban J connectivity index is 2.50. The average Bonchev–Trinajstić information content (AvgIpc) is 2.61. The van der Waals surface area contributed by atoms with Gasteiger partial charge in [0, 0.05) is 6.07 Å². The minimum atomic E-state index is -4.42. The molecular weight excluding hydrogens is 376 g/mol. The van der Waals surface area contributed by atoms with Gasteiger partial charge in [0.1, 0.15) is 5.71 Å². The van der Waals surface area contributed by atoms with Crippen molar-refractivity contribution in [2.75, 3.05) is 13.2 Å². The lowest BCUT2D eigenvalue weighted by Crippen LogP contribution is -2.43. The van der Waals surface area contributed by atoms with E-state index in [0.29, 0.717) is 10.0 Å². The third-order valence-corrected chi connectivity index (χ3v) is 5.40. The van der Waals surface area contributed by atoms with Gasteiger partial charge in [-0.25, -0.2) is 8.42 Å². The molecule has 1 atom stereocenters. The summed E-state index contributed by atoms with van der Waals surface area (Å²) in [7, 11) is -4.42. The van der Waals surface area contributed by atoms with Crippen LogP contribution in [0.25, 0.3) is 0 Å². The normalized spacial score (nSPS) is 17.2. The van der Waals surface area contributed by atoms with Crippen molar-refractivity contribution < 1.29 is 23.0 Å². The number of nitro groups is 1. The number of rotatable bonds is 8. The van der Waals surface area contributed by atoms with Crippen LogP contribution in [0.3, 0.4) is 0 Å². The molecule has 1 unspecified atom stereocenters. The molecule has 144 valence electrons. The maximum absolute atomic E-state index is 13.1. The zero-order chi connectivity index (χ0) is 20.2. The van der Waals surface area contributed by atoms with Crippen LogP contribution in [0.5, 0.6) is 0 Å². The molecule has 10 nitrogen and oxygen atoms in total. The maximum Gasteiger partial charge on any atom is 0.289 e. The van der Waals surface area contributed by atoms with Gasteiger partial charge in [0.2, 0.25) is 0 Å². The molecule has 0 aliphatic carbocycles. The molecule has 1 aromatic carbocycles. The first-order chi connectivity index (χ1) is 12.7. The summed E-state index contributed by atoms with van der Waals surface area (Å²) in [5, 5.41) is 11.2. The molecule has 0 fully saturated rings. The van der Waals surface area contributed by atoms with E-state index < -0.39 is 37.5 Å². The predicted molar refractivity (Wildman–Crippen MR) is 97.3 cm³/mol. The molecule has 1 heterocycles. The van der Waals surface area contributed by atoms with E-state index in [9.17, 15) is 23.3 Å². The van der Waals surface area contributed by atoms with Crippen molar-refractivity contribution in [3.63, 3.8) is 0 Å². The molecule has 1 aliphatic rings. The maximum atomic E-state index is 13.1. The van der Waals surface area contributed by atoms with Crippen LogP contribution in [-0.4, -0.2) is 48.6 Å². The van der Waals surface area contributed by atoms with Crippen LogP contribution in [0.2, 0.25) is 0 Å². The van der Waals surface area contributed by atoms with Gasteiger partial charge >= 0.3 is 0 Å². The zero-order valence-corrected chi connectivity index (χ0v) is 15.3. The fourth-order valence-corrected chi connectivity index (χ4v) is 4.06. The van der Waals surface area contributed by atoms with Gasteiger partial charge in [-0.2, -0.15) is 0 Å². The van der Waals surface area contributed by atoms with Gasteiger partial charge in [0.25, 0.3) is 21.6 Å². The highest BCUT2D eigenvalue weighted by Crippen LogP contribution is 2.29. The third kappa shape index (κ3) is 4.27. The highest BCUT2D eigenvalue weighted by molar-refractivity contribution is 7.89. The van der Waals surface area contributed by atoms with Crippen LogP contribution in [-0.2, 0) is 19.7 Å². The van der Waals surface area contributed by atoms with Gasteiger partial charge in [0.15, 0.2) is 4.90 Å². The number of nitro benzene ring substituents is 1. The number of nitrogens with two attached hydrogens (primary N) is 1. The highest BCUT2D eigenvalue weighted by atomic mass is 32.2. The van der Waals surface area contributed by atoms with Gasteiger partial charge < -0.3 is 5.73 Å². The average molecular weight is 394 g/mol. The minimum Gasteiger partial charge on any atom is -0.364 e. The van der Waals surface area contributed by atoms with E-state index in [4.69, 9.17) is 10.6 Å². The summed E-state index contributed by atoms with van der Waals surface area (Å²) in [6.07, 6.45) is 2.79. The number of aliphatic imine (C=N–C) groups is 1. The van der Waals surface area contributed by atoms with E-state index in [0.717, 1.165) is 12.1 Å². The molecule has 11 heteroatoms. The molecule has 1 aliphatic heterocycles. The number of carbonyl (C=O) groups is 1. The van der Waals surface area contributed by atoms with E-state index in [-0.39, 0.29) is 18.9 Å². The van der Waals surface area contributed by atoms with E-state index >= 15 is 0 Å². The number of benzene rings is 1. The van der Waals surface area contributed by atoms with Gasteiger partial charge in [-0.1, -0.05) is 28.8 Å². The lowest BCUT2D eigenvalue weighted by atomic mass is 10.1. The Morgan fingerprint density at radius 2 is 2.19 bits per heavy atom. The molecule has 2 N–H and O–H groups in total. The van der Waals surface area contributed by atoms with Crippen LogP contribution in [0.1, 0.15) is 6.92 Å². The summed E-state index contributed by atoms with van der Waals surface area (Å²) in [5.41, 5.74) is 5.06. The number of hydrogen-bond donors (Lipinski definition) is 1. The molecule has 1 aromatic rings. The lowest BCUT2D eigenvalue weighted by Gasteiger charge is -2.29. The van der Waals surface area contributed by atoms with Gasteiger partial charge in [-0.3, -0.25) is 24.7 Å². The van der Waals surface area contributed by atoms with Crippen molar-refractivity contribution in [1.82, 2.24) is 4.47 Å². The van der Waals surface area contributed by atoms with Crippen LogP contribution < -0.4 is 5.73 Å². The number of amides is 1. The largest absolute Gasteiger partial charge is 0.364 e. The first-order valence-corrected chi connectivity index (χ1v) is 9.19. The van der Waals surface area contributed by atoms with E-state index in [1.54, 1.807) is 6.92 Å². The Morgan fingerprint density at radius 3 is 2.74 bits per heavy atom. The summed E-state index contributed by atoms with van der Waals surface area (Å²) in [4.78, 5) is 30.6. The second-order valence-electron chi connectivity index (χ2n) is 5.54. The fraction of sp³-hybridized carbons (Fsp3) is 0.250. The summed E-state index contributed by atoms with van der Waals surface area (Å²) in [6.45, 7) is 4.73. The van der Waals surface area contributed by atoms with Crippen LogP contribution in [0.15, 0.2) is 58.5 Å². The molecule has 0 saturated heterocycles. The number of dihydropyridines is 1. The van der Waals surface area contributed by atoms with Gasteiger partial charge in [-0.15, -0.1) is 6.58 Å². The van der Waals surface area contributed by atoms with Crippen molar-refractivity contribution in [1.29, 1.82) is 0 Å². The predicted octanol–water partition coefficient (Wildman–Crippen LogP) is 0.958. The number of sulfonamides is 1. The number of hydrogen-bond acceptors (Lipinski definition) is 7. The van der Waals surface area contributed by atoms with Crippen LogP contribution >= 0.6 is 0 Å². The van der Waals surface area contributed by atoms with E-state index in [2.05, 4.69) is 11.6 Å². The summed E-state index contributed by atoms with van der Waals surface area (Å²) < 4.78 is 26.8. The number of hydroxylamine groups is 1. The van der Waals surface area contributed by atoms with Gasteiger partial charge in [0.05, 0.1) is 24.1 Å². The molecule has 0 spiro atoms. The Morgan fingerprint density at radius 1 is 1.52 bits per heavy atom. The topological polar surface area (TPSA) is 145 Å². The zero-order valence-electron chi connectivity index (χ0n) is 14.4. The highest BCUT2D eigenvalue weighted by Gasteiger charge is 2.37. The minimum absolute atomic E-state index is 0.0398. The molecule has 27 heavy (non-hydrogen) atoms. The Kier molecular flexibility index (Phi) is 6.20. The third-order valence-electron chi connectivity index (χ3n) is 3.65. The number of para-hydroxylation sites is 1. The Bertz CT molecular complexity index is 938. The van der Waals surface area contributed by atoms with E-state index in [1.165, 1.54) is 24.3 Å². The lowest BCUT2D eigenvalue weighted by molar-refractivity contribution is -0.387. The number of nitrogens with zero attached hydrogens (tertiary/aromatic N) is 3. The molecule has 2 rings (SSSR count). The second kappa shape index (κ2) is 8.20. The number of primary amides is 1. The molecule has 0 aromatic heterocycles. The molecule has 0 saturated carbocycles. The summed E-state index contributed by atoms with van der Waals surface area (Å²) in [6, 6.07) is 4.02. The second-order valence-corrected chi connectivity index (χ2v) is 7.29. The smallest absolute Gasteiger partial charge is 0.289 e. The first-order valence-electron chi connectivity index (χ1n) is 7.74.